The molecule has 5 radical (unpaired) electrons. The first-order chi connectivity index (χ1) is 66.6. The van der Waals surface area contributed by atoms with E-state index in [0.717, 1.165) is 171 Å². The van der Waals surface area contributed by atoms with Gasteiger partial charge < -0.3 is 26.2 Å². The van der Waals surface area contributed by atoms with Crippen LogP contribution in [0.5, 0.6) is 40.2 Å². The summed E-state index contributed by atoms with van der Waals surface area (Å²) in [6, 6.07) is 147. The Morgan fingerprint density at radius 1 is 0.281 bits per heavy atom. The molecule has 22 rings (SSSR count). The summed E-state index contributed by atoms with van der Waals surface area (Å²) in [5, 5.41) is 9.14. The van der Waals surface area contributed by atoms with Gasteiger partial charge in [0, 0.05) is 45.1 Å². The second-order valence-electron chi connectivity index (χ2n) is 31.3. The second-order valence-corrected chi connectivity index (χ2v) is 38.0. The molecule has 17 nitrogen and oxygen atoms in total. The molecule has 15 aromatic carbocycles. The number of pyridine rings is 5. The molecule has 0 bridgehead atoms. The van der Waals surface area contributed by atoms with Crippen LogP contribution < -0.4 is 41.8 Å². The van der Waals surface area contributed by atoms with E-state index in [1.165, 1.54) is 59.8 Å². The van der Waals surface area contributed by atoms with Gasteiger partial charge in [0.1, 0.15) is 39.3 Å². The number of para-hydroxylation sites is 7. The van der Waals surface area contributed by atoms with E-state index >= 15 is 0 Å². The molecular weight excluding hydrogens is 1810 g/mol. The second kappa shape index (κ2) is 44.4. The predicted octanol–water partition coefficient (Wildman–Crippen LogP) is 22.3. The van der Waals surface area contributed by atoms with Gasteiger partial charge in [-0.25, -0.2) is 24.9 Å². The molecule has 0 aliphatic heterocycles. The van der Waals surface area contributed by atoms with Gasteiger partial charge >= 0.3 is 208 Å². The van der Waals surface area contributed by atoms with Crippen LogP contribution in [0.4, 0.5) is 0 Å². The third kappa shape index (κ3) is 21.8. The zero-order valence-electron chi connectivity index (χ0n) is 74.2. The molecule has 0 amide bonds. The fraction of sp³-hybridized carbons (Fsp3) is 0.0268. The van der Waals surface area contributed by atoms with E-state index in [2.05, 4.69) is 229 Å². The van der Waals surface area contributed by atoms with Crippen molar-refractivity contribution in [2.75, 3.05) is 0 Å². The van der Waals surface area contributed by atoms with Crippen molar-refractivity contribution in [3.8, 4) is 96.7 Å². The Hall–Kier alpha value is -14.4. The molecule has 0 spiro atoms. The van der Waals surface area contributed by atoms with Crippen molar-refractivity contribution in [1.29, 1.82) is 0 Å². The van der Waals surface area contributed by atoms with Crippen LogP contribution in [0.25, 0.3) is 122 Å². The number of hydrogen-bond acceptors (Lipinski definition) is 15. The third-order valence-corrected chi connectivity index (χ3v) is 30.4. The zero-order chi connectivity index (χ0) is 91.9. The Kier molecular flexibility index (Phi) is 30.0. The fourth-order valence-electron chi connectivity index (χ4n) is 15.9. The number of benzene rings is 15. The van der Waals surface area contributed by atoms with Crippen molar-refractivity contribution in [2.24, 2.45) is 0 Å². The summed E-state index contributed by atoms with van der Waals surface area (Å²) < 4.78 is 52.2. The maximum absolute atomic E-state index is 6.94. The van der Waals surface area contributed by atoms with E-state index in [4.69, 9.17) is 44.7 Å². The number of aryl methyl sites for hydroxylation is 3. The Balaban J connectivity index is 0.000000113. The first-order valence-electron chi connectivity index (χ1n) is 43.9. The summed E-state index contributed by atoms with van der Waals surface area (Å²) in [5.74, 6) is 7.24. The SMILES string of the molecule is Cc1ccc2cccc([O][Al][O][Si](c3ccccc3)(c3ccccc3)c3ccccc3)c2n1.Cc1ccc2cccc([O][Al][O]c3ccc(-c4ccccc4)cc3)c2n1.Cc1ccc2cccc([O][Al][O]c3ccc4cc(-c5ccccc5)ccc4c3)c2n1.[AlH][O]c1ccccc1-c1nc2cccnc2n1-c1ccccc1.[GaH][O]c1ccccc1-c1nc2cccnc2n1-c1ccccc1. The molecule has 7 heterocycles. The van der Waals surface area contributed by atoms with Gasteiger partial charge in [-0.3, -0.25) is 4.57 Å². The van der Waals surface area contributed by atoms with Gasteiger partial charge in [0.2, 0.25) is 0 Å². The summed E-state index contributed by atoms with van der Waals surface area (Å²) in [7, 11) is -2.76. The molecule has 0 fully saturated rings. The van der Waals surface area contributed by atoms with E-state index in [0.29, 0.717) is 0 Å². The molecule has 0 saturated carbocycles. The zero-order valence-corrected chi connectivity index (χ0v) is 83.0. The Labute approximate surface area is 823 Å². The van der Waals surface area contributed by atoms with Crippen molar-refractivity contribution >= 4 is 173 Å². The average Bonchev–Trinajstić information content (AvgIpc) is 1.40. The molecular formula is C112H85Al4GaN9O8Si. The van der Waals surface area contributed by atoms with E-state index in [-0.39, 0.29) is 0 Å². The summed E-state index contributed by atoms with van der Waals surface area (Å²) in [6.45, 7) is 5.96. The van der Waals surface area contributed by atoms with Gasteiger partial charge in [-0.05, 0) is 172 Å². The molecule has 0 aliphatic carbocycles. The third-order valence-electron chi connectivity index (χ3n) is 22.4. The van der Waals surface area contributed by atoms with Crippen LogP contribution in [0, 0.1) is 20.8 Å². The molecule has 0 aliphatic rings. The summed E-state index contributed by atoms with van der Waals surface area (Å²) in [5.41, 5.74) is 17.7. The maximum atomic E-state index is 6.94. The summed E-state index contributed by atoms with van der Waals surface area (Å²) >= 11 is 0.0519. The van der Waals surface area contributed by atoms with Crippen molar-refractivity contribution in [3.63, 3.8) is 0 Å². The van der Waals surface area contributed by atoms with Crippen molar-refractivity contribution < 1.29 is 29.7 Å². The van der Waals surface area contributed by atoms with Crippen LogP contribution in [0.1, 0.15) is 17.1 Å². The topological polar surface area (TPSA) is 174 Å². The van der Waals surface area contributed by atoms with Crippen molar-refractivity contribution in [3.05, 3.63) is 466 Å². The van der Waals surface area contributed by atoms with E-state index in [9.17, 15) is 0 Å². The standard InChI is InChI=1S/2C18H13N3O.C18H15OSi.C16H12O.C12H10O.3C10H9NO.4Al.Ga.2H/c2*22-16-11-5-4-9-14(16)17-20-15-10-6-12-19-18(15)21(17)13-7-2-1-3-8-13;19-20(16-10-4-1-5-11-16,17-12-6-2-7-13-17)18-14-8-3-9-15-18;17-16-9-8-14-10-13(6-7-15(14)11-16)12-4-2-1-3-5-12;13-12-8-6-11(7-9-12)10-4-2-1-3-5-10;3*1-7-5-6-8-3-2-4-9(12)10(8)11-7;;;;;;;/h2*1-12,22H;1-15H;1-11,17H;1-9,13H;3*2-6,12H,1H3;;;;;;;/q;;-1;;;;;;+1;3*+2;+1;;/p-7. The Morgan fingerprint density at radius 2 is 0.630 bits per heavy atom. The van der Waals surface area contributed by atoms with E-state index in [1.807, 2.05) is 257 Å². The summed E-state index contributed by atoms with van der Waals surface area (Å²) in [4.78, 5) is 32.5. The number of hydrogen-bond donors (Lipinski definition) is 0. The van der Waals surface area contributed by atoms with Crippen molar-refractivity contribution in [1.82, 2.24) is 44.0 Å². The molecule has 645 valence electrons. The van der Waals surface area contributed by atoms with Crippen LogP contribution in [-0.2, 0) is 3.48 Å². The quantitative estimate of drug-likeness (QED) is 0.0437. The fourth-order valence-corrected chi connectivity index (χ4v) is 23.6. The molecule has 7 aromatic heterocycles. The van der Waals surface area contributed by atoms with Crippen LogP contribution in [0.3, 0.4) is 0 Å². The predicted molar refractivity (Wildman–Crippen MR) is 550 cm³/mol. The molecule has 0 saturated heterocycles. The van der Waals surface area contributed by atoms with E-state index in [1.54, 1.807) is 12.4 Å². The van der Waals surface area contributed by atoms with E-state index < -0.39 is 56.0 Å². The Bertz CT molecular complexity index is 7500. The van der Waals surface area contributed by atoms with Crippen molar-refractivity contribution in [2.45, 2.75) is 20.8 Å². The first kappa shape index (κ1) is 91.1. The molecule has 0 unspecified atom stereocenters. The van der Waals surface area contributed by atoms with Crippen LogP contribution in [0.15, 0.2) is 449 Å². The minimum absolute atomic E-state index is 0.665. The number of rotatable bonds is 23. The van der Waals surface area contributed by atoms with Gasteiger partial charge in [0.15, 0.2) is 11.5 Å². The van der Waals surface area contributed by atoms with Gasteiger partial charge in [-0.1, -0.05) is 267 Å². The molecule has 0 atom stereocenters. The van der Waals surface area contributed by atoms with Crippen LogP contribution in [-0.4, -0.2) is 136 Å². The average molecular weight is 1890 g/mol. The van der Waals surface area contributed by atoms with Gasteiger partial charge in [0.25, 0.3) is 8.32 Å². The van der Waals surface area contributed by atoms with Crippen LogP contribution >= 0.6 is 0 Å². The molecule has 23 heteroatoms. The molecule has 135 heavy (non-hydrogen) atoms. The monoisotopic (exact) mass is 1890 g/mol. The normalized spacial score (nSPS) is 10.9. The summed E-state index contributed by atoms with van der Waals surface area (Å²) in [6.07, 6.45) is 3.58. The number of aromatic nitrogens is 9. The Morgan fingerprint density at radius 3 is 1.08 bits per heavy atom. The number of fused-ring (bicyclic) bond motifs is 6. The van der Waals surface area contributed by atoms with Gasteiger partial charge in [0.05, 0.1) is 22.8 Å². The molecule has 0 N–H and O–H groups in total. The number of imidazole rings is 2. The van der Waals surface area contributed by atoms with Crippen LogP contribution in [0.2, 0.25) is 0 Å². The minimum atomic E-state index is -2.76. The first-order valence-corrected chi connectivity index (χ1v) is 50.4. The van der Waals surface area contributed by atoms with Gasteiger partial charge in [-0.2, -0.15) is 0 Å². The number of nitrogens with zero attached hydrogens (tertiary/aromatic N) is 9. The molecule has 22 aromatic rings. The van der Waals surface area contributed by atoms with Gasteiger partial charge in [-0.15, -0.1) is 0 Å².